The summed E-state index contributed by atoms with van der Waals surface area (Å²) in [5.41, 5.74) is 9.57. The number of piperidine rings is 1. The Labute approximate surface area is 194 Å². The van der Waals surface area contributed by atoms with E-state index in [2.05, 4.69) is 16.4 Å². The molecule has 2 N–H and O–H groups in total. The standard InChI is InChI=1S/C25H34FN5O2/c1-16-28-23-15-29(25(32)33-2)10-9-24(23)31(16)21-13-19-6-7-20(14-21)30(19)11-8-22(27)17-4-3-5-18(26)12-17/h3-5,12,19-22H,6-11,13-15,27H2,1-2H3/t19?,20?,21?,22-/m0/s1. The highest BCUT2D eigenvalue weighted by Gasteiger charge is 2.42. The number of rotatable bonds is 5. The molecule has 2 bridgehead atoms. The van der Waals surface area contributed by atoms with Crippen molar-refractivity contribution >= 4 is 6.09 Å². The van der Waals surface area contributed by atoms with Crippen molar-refractivity contribution in [2.45, 2.75) is 76.2 Å². The Hall–Kier alpha value is -2.45. The second kappa shape index (κ2) is 9.06. The molecule has 7 nitrogen and oxygen atoms in total. The first-order valence-electron chi connectivity index (χ1n) is 12.1. The number of carbonyl (C=O) groups excluding carboxylic acids is 1. The Balaban J connectivity index is 1.25. The van der Waals surface area contributed by atoms with E-state index >= 15 is 0 Å². The molecule has 2 unspecified atom stereocenters. The largest absolute Gasteiger partial charge is 0.453 e. The van der Waals surface area contributed by atoms with Crippen molar-refractivity contribution in [2.24, 2.45) is 5.73 Å². The van der Waals surface area contributed by atoms with E-state index in [1.54, 1.807) is 17.0 Å². The van der Waals surface area contributed by atoms with Gasteiger partial charge in [0.15, 0.2) is 0 Å². The van der Waals surface area contributed by atoms with E-state index in [0.29, 0.717) is 31.2 Å². The van der Waals surface area contributed by atoms with Crippen molar-refractivity contribution in [1.29, 1.82) is 0 Å². The molecule has 1 aromatic carbocycles. The minimum atomic E-state index is -0.282. The number of nitrogens with zero attached hydrogens (tertiary/aromatic N) is 4. The van der Waals surface area contributed by atoms with Crippen molar-refractivity contribution in [1.82, 2.24) is 19.4 Å². The second-order valence-electron chi connectivity index (χ2n) is 9.76. The number of aromatic nitrogens is 2. The van der Waals surface area contributed by atoms with Crippen LogP contribution in [0.15, 0.2) is 24.3 Å². The molecule has 1 aromatic heterocycles. The van der Waals surface area contributed by atoms with Gasteiger partial charge in [0.1, 0.15) is 11.6 Å². The third-order valence-corrected chi connectivity index (χ3v) is 7.86. The predicted octanol–water partition coefficient (Wildman–Crippen LogP) is 3.71. The number of benzene rings is 1. The van der Waals surface area contributed by atoms with E-state index in [4.69, 9.17) is 15.5 Å². The number of methoxy groups -OCH3 is 1. The summed E-state index contributed by atoms with van der Waals surface area (Å²) in [4.78, 5) is 21.2. The van der Waals surface area contributed by atoms with Gasteiger partial charge in [-0.1, -0.05) is 12.1 Å². The van der Waals surface area contributed by atoms with Crippen molar-refractivity contribution in [3.8, 4) is 0 Å². The normalized spacial score (nSPS) is 25.7. The summed E-state index contributed by atoms with van der Waals surface area (Å²) in [7, 11) is 1.43. The third-order valence-electron chi connectivity index (χ3n) is 7.86. The number of amides is 1. The van der Waals surface area contributed by atoms with Gasteiger partial charge in [0, 0.05) is 49.4 Å². The Bertz CT molecular complexity index is 1010. The minimum absolute atomic E-state index is 0.140. The predicted molar refractivity (Wildman–Crippen MR) is 123 cm³/mol. The van der Waals surface area contributed by atoms with Crippen LogP contribution in [0.3, 0.4) is 0 Å². The molecule has 2 saturated heterocycles. The topological polar surface area (TPSA) is 76.6 Å². The lowest BCUT2D eigenvalue weighted by molar-refractivity contribution is 0.100. The van der Waals surface area contributed by atoms with Gasteiger partial charge in [-0.25, -0.2) is 14.2 Å². The van der Waals surface area contributed by atoms with Crippen LogP contribution in [0.25, 0.3) is 0 Å². The summed E-state index contributed by atoms with van der Waals surface area (Å²) in [5, 5.41) is 0. The maximum absolute atomic E-state index is 13.6. The van der Waals surface area contributed by atoms with E-state index < -0.39 is 0 Å². The van der Waals surface area contributed by atoms with Gasteiger partial charge in [-0.2, -0.15) is 0 Å². The summed E-state index contributed by atoms with van der Waals surface area (Å²) in [5.74, 6) is 0.829. The molecule has 0 saturated carbocycles. The van der Waals surface area contributed by atoms with Gasteiger partial charge in [-0.15, -0.1) is 0 Å². The highest BCUT2D eigenvalue weighted by molar-refractivity contribution is 5.67. The lowest BCUT2D eigenvalue weighted by atomic mass is 9.95. The summed E-state index contributed by atoms with van der Waals surface area (Å²) in [6.07, 6.45) is 6.07. The fraction of sp³-hybridized carbons (Fsp3) is 0.600. The molecular weight excluding hydrogens is 421 g/mol. The molecule has 0 aliphatic carbocycles. The summed E-state index contributed by atoms with van der Waals surface area (Å²) >= 11 is 0. The molecule has 2 aromatic rings. The average Bonchev–Trinajstić information content (AvgIpc) is 3.26. The number of hydrogen-bond donors (Lipinski definition) is 1. The quantitative estimate of drug-likeness (QED) is 0.744. The molecule has 1 amide bonds. The van der Waals surface area contributed by atoms with Crippen LogP contribution in [0.5, 0.6) is 0 Å². The number of fused-ring (bicyclic) bond motifs is 3. The number of hydrogen-bond acceptors (Lipinski definition) is 5. The molecule has 5 rings (SSSR count). The molecule has 3 aliphatic heterocycles. The lowest BCUT2D eigenvalue weighted by Gasteiger charge is -2.41. The average molecular weight is 456 g/mol. The van der Waals surface area contributed by atoms with E-state index in [-0.39, 0.29) is 18.0 Å². The first kappa shape index (κ1) is 22.3. The Morgan fingerprint density at radius 1 is 1.27 bits per heavy atom. The van der Waals surface area contributed by atoms with Gasteiger partial charge < -0.3 is 19.9 Å². The molecule has 3 aliphatic rings. The van der Waals surface area contributed by atoms with Gasteiger partial charge in [0.2, 0.25) is 0 Å². The lowest BCUT2D eigenvalue weighted by Crippen LogP contribution is -2.45. The molecule has 0 spiro atoms. The maximum atomic E-state index is 13.6. The maximum Gasteiger partial charge on any atom is 0.409 e. The molecule has 0 radical (unpaired) electrons. The van der Waals surface area contributed by atoms with Crippen LogP contribution in [0.1, 0.15) is 67.0 Å². The Kier molecular flexibility index (Phi) is 6.14. The fourth-order valence-electron chi connectivity index (χ4n) is 6.32. The number of halogens is 1. The summed E-state index contributed by atoms with van der Waals surface area (Å²) < 4.78 is 20.9. The highest BCUT2D eigenvalue weighted by Crippen LogP contribution is 2.42. The fourth-order valence-corrected chi connectivity index (χ4v) is 6.32. The third kappa shape index (κ3) is 4.26. The van der Waals surface area contributed by atoms with Gasteiger partial charge in [-0.3, -0.25) is 4.90 Å². The van der Waals surface area contributed by atoms with Crippen molar-refractivity contribution < 1.29 is 13.9 Å². The highest BCUT2D eigenvalue weighted by atomic mass is 19.1. The monoisotopic (exact) mass is 455 g/mol. The van der Waals surface area contributed by atoms with E-state index in [1.165, 1.54) is 31.7 Å². The van der Waals surface area contributed by atoms with E-state index in [9.17, 15) is 9.18 Å². The van der Waals surface area contributed by atoms with Crippen LogP contribution in [0, 0.1) is 12.7 Å². The van der Waals surface area contributed by atoms with Crippen LogP contribution < -0.4 is 5.73 Å². The van der Waals surface area contributed by atoms with Crippen LogP contribution in [0.2, 0.25) is 0 Å². The Morgan fingerprint density at radius 3 is 2.73 bits per heavy atom. The molecular formula is C25H34FN5O2. The number of nitrogens with two attached hydrogens (primary N) is 1. The van der Waals surface area contributed by atoms with Crippen LogP contribution in [0.4, 0.5) is 9.18 Å². The molecule has 33 heavy (non-hydrogen) atoms. The number of imidazole rings is 1. The molecule has 2 fully saturated rings. The van der Waals surface area contributed by atoms with E-state index in [0.717, 1.165) is 49.3 Å². The van der Waals surface area contributed by atoms with Gasteiger partial charge in [-0.05, 0) is 56.7 Å². The van der Waals surface area contributed by atoms with Crippen LogP contribution in [-0.2, 0) is 17.7 Å². The second-order valence-corrected chi connectivity index (χ2v) is 9.76. The molecule has 4 heterocycles. The van der Waals surface area contributed by atoms with Crippen molar-refractivity contribution in [3.05, 3.63) is 52.9 Å². The van der Waals surface area contributed by atoms with Gasteiger partial charge in [0.25, 0.3) is 0 Å². The zero-order valence-corrected chi connectivity index (χ0v) is 19.5. The van der Waals surface area contributed by atoms with Gasteiger partial charge >= 0.3 is 6.09 Å². The summed E-state index contributed by atoms with van der Waals surface area (Å²) in [6, 6.07) is 8.10. The van der Waals surface area contributed by atoms with E-state index in [1.807, 2.05) is 6.07 Å². The summed E-state index contributed by atoms with van der Waals surface area (Å²) in [6.45, 7) is 4.25. The smallest absolute Gasteiger partial charge is 0.409 e. The molecule has 8 heteroatoms. The molecule has 178 valence electrons. The van der Waals surface area contributed by atoms with Crippen LogP contribution in [-0.4, -0.2) is 57.7 Å². The number of carbonyl (C=O) groups is 1. The van der Waals surface area contributed by atoms with Crippen molar-refractivity contribution in [2.75, 3.05) is 20.2 Å². The number of ether oxygens (including phenoxy) is 1. The first-order valence-corrected chi connectivity index (χ1v) is 12.1. The zero-order chi connectivity index (χ0) is 23.1. The van der Waals surface area contributed by atoms with Gasteiger partial charge in [0.05, 0.1) is 19.3 Å². The number of aryl methyl sites for hydroxylation is 1. The zero-order valence-electron chi connectivity index (χ0n) is 19.5. The first-order chi connectivity index (χ1) is 15.9. The SMILES string of the molecule is COC(=O)N1CCc2c(nc(C)n2C2CC3CCC(C2)N3CC[C@H](N)c2cccc(F)c2)C1. The Morgan fingerprint density at radius 2 is 2.03 bits per heavy atom. The van der Waals surface area contributed by atoms with Crippen LogP contribution >= 0.6 is 0 Å². The molecule has 3 atom stereocenters. The minimum Gasteiger partial charge on any atom is -0.453 e. The van der Waals surface area contributed by atoms with Crippen molar-refractivity contribution in [3.63, 3.8) is 0 Å².